The Morgan fingerprint density at radius 3 is 2.64 bits per heavy atom. The van der Waals surface area contributed by atoms with Crippen molar-refractivity contribution >= 4 is 11.8 Å². The van der Waals surface area contributed by atoms with Crippen LogP contribution in [0.5, 0.6) is 23.1 Å². The molecule has 6 nitrogen and oxygen atoms in total. The van der Waals surface area contributed by atoms with Gasteiger partial charge in [-0.2, -0.15) is 0 Å². The molecule has 0 N–H and O–H groups in total. The zero-order valence-electron chi connectivity index (χ0n) is 17.6. The van der Waals surface area contributed by atoms with Crippen molar-refractivity contribution in [3.63, 3.8) is 0 Å². The molecule has 0 amide bonds. The van der Waals surface area contributed by atoms with E-state index < -0.39 is 11.6 Å². The minimum atomic E-state index is -0.791. The van der Waals surface area contributed by atoms with Crippen LogP contribution in [0.3, 0.4) is 0 Å². The third kappa shape index (κ3) is 4.36. The summed E-state index contributed by atoms with van der Waals surface area (Å²) in [5, 5.41) is 0.0796. The van der Waals surface area contributed by atoms with E-state index in [1.807, 2.05) is 41.1 Å². The van der Waals surface area contributed by atoms with E-state index in [4.69, 9.17) is 14.2 Å². The van der Waals surface area contributed by atoms with Crippen molar-refractivity contribution in [3.05, 3.63) is 83.9 Å². The molecule has 9 heteroatoms. The van der Waals surface area contributed by atoms with Crippen LogP contribution in [0.25, 0.3) is 5.69 Å². The topological polar surface area (TPSA) is 58.4 Å². The average Bonchev–Trinajstić information content (AvgIpc) is 3.53. The number of thioether (sulfide) groups is 1. The molecule has 0 aliphatic carbocycles. The molecule has 5 rings (SSSR count). The first-order chi connectivity index (χ1) is 16.1. The Bertz CT molecular complexity index is 1280. The summed E-state index contributed by atoms with van der Waals surface area (Å²) in [5.74, 6) is 0.442. The number of imidazole rings is 1. The third-order valence-electron chi connectivity index (χ3n) is 5.13. The van der Waals surface area contributed by atoms with Gasteiger partial charge < -0.3 is 18.8 Å². The Hall–Kier alpha value is -3.59. The SMILES string of the molecule is CCc1c(F)c(Oc2ccc(-n3ccnc3)cc2)nc(SCc2ccc3c(c2)OCO3)c1F. The van der Waals surface area contributed by atoms with Crippen molar-refractivity contribution < 1.29 is 23.0 Å². The van der Waals surface area contributed by atoms with Gasteiger partial charge in [0.1, 0.15) is 10.8 Å². The molecule has 0 unspecified atom stereocenters. The molecule has 0 bridgehead atoms. The lowest BCUT2D eigenvalue weighted by atomic mass is 10.2. The second-order valence-corrected chi connectivity index (χ2v) is 8.19. The van der Waals surface area contributed by atoms with E-state index in [0.29, 0.717) is 23.0 Å². The number of hydrogen-bond donors (Lipinski definition) is 0. The molecule has 4 aromatic rings. The molecule has 0 saturated carbocycles. The molecule has 168 valence electrons. The van der Waals surface area contributed by atoms with Crippen LogP contribution in [-0.2, 0) is 12.2 Å². The highest BCUT2D eigenvalue weighted by atomic mass is 32.2. The van der Waals surface area contributed by atoms with E-state index in [1.165, 1.54) is 11.8 Å². The number of ether oxygens (including phenoxy) is 3. The highest BCUT2D eigenvalue weighted by Crippen LogP contribution is 2.36. The lowest BCUT2D eigenvalue weighted by Crippen LogP contribution is -2.04. The molecule has 2 aromatic carbocycles. The summed E-state index contributed by atoms with van der Waals surface area (Å²) in [4.78, 5) is 8.17. The monoisotopic (exact) mass is 467 g/mol. The Morgan fingerprint density at radius 1 is 1.06 bits per heavy atom. The first kappa shape index (κ1) is 21.3. The molecule has 1 aliphatic rings. The number of pyridine rings is 1. The van der Waals surface area contributed by atoms with Gasteiger partial charge in [0, 0.05) is 29.4 Å². The zero-order valence-corrected chi connectivity index (χ0v) is 18.4. The minimum absolute atomic E-state index is 0.0526. The van der Waals surface area contributed by atoms with Gasteiger partial charge in [-0.3, -0.25) is 0 Å². The quantitative estimate of drug-likeness (QED) is 0.315. The van der Waals surface area contributed by atoms with Crippen molar-refractivity contribution in [2.75, 3.05) is 6.79 Å². The third-order valence-corrected chi connectivity index (χ3v) is 6.15. The van der Waals surface area contributed by atoms with Gasteiger partial charge in [-0.15, -0.1) is 0 Å². The number of benzene rings is 2. The van der Waals surface area contributed by atoms with Crippen LogP contribution in [0, 0.1) is 11.6 Å². The molecule has 0 saturated heterocycles. The molecule has 3 heterocycles. The highest BCUT2D eigenvalue weighted by Gasteiger charge is 2.22. The molecule has 2 aromatic heterocycles. The molecule has 0 atom stereocenters. The predicted octanol–water partition coefficient (Wildman–Crippen LogP) is 5.92. The van der Waals surface area contributed by atoms with Gasteiger partial charge in [0.25, 0.3) is 5.88 Å². The summed E-state index contributed by atoms with van der Waals surface area (Å²) in [6, 6.07) is 12.6. The second-order valence-electron chi connectivity index (χ2n) is 7.22. The van der Waals surface area contributed by atoms with Gasteiger partial charge in [-0.1, -0.05) is 24.8 Å². The molecule has 0 fully saturated rings. The lowest BCUT2D eigenvalue weighted by molar-refractivity contribution is 0.174. The summed E-state index contributed by atoms with van der Waals surface area (Å²) >= 11 is 1.17. The van der Waals surface area contributed by atoms with Crippen LogP contribution in [0.15, 0.2) is 66.2 Å². The minimum Gasteiger partial charge on any atom is -0.454 e. The van der Waals surface area contributed by atoms with Crippen molar-refractivity contribution in [1.29, 1.82) is 0 Å². The van der Waals surface area contributed by atoms with Crippen LogP contribution in [0.1, 0.15) is 18.1 Å². The molecule has 0 spiro atoms. The standard InChI is InChI=1S/C24H19F2N3O3S/c1-2-18-21(25)23(32-17-6-4-16(5-7-17)29-10-9-27-13-29)28-24(22(18)26)33-12-15-3-8-19-20(11-15)31-14-30-19/h3-11,13H,2,12,14H2,1H3. The van der Waals surface area contributed by atoms with Crippen molar-refractivity contribution in [2.45, 2.75) is 24.1 Å². The lowest BCUT2D eigenvalue weighted by Gasteiger charge is -2.13. The molecular formula is C24H19F2N3O3S. The Balaban J connectivity index is 1.38. The largest absolute Gasteiger partial charge is 0.454 e. The second kappa shape index (κ2) is 9.11. The number of nitrogens with zero attached hydrogens (tertiary/aromatic N) is 3. The van der Waals surface area contributed by atoms with E-state index >= 15 is 0 Å². The first-order valence-corrected chi connectivity index (χ1v) is 11.3. The zero-order chi connectivity index (χ0) is 22.8. The fourth-order valence-corrected chi connectivity index (χ4v) is 4.29. The van der Waals surface area contributed by atoms with Crippen LogP contribution in [0.2, 0.25) is 0 Å². The number of hydrogen-bond acceptors (Lipinski definition) is 6. The fraction of sp³-hybridized carbons (Fsp3) is 0.167. The summed E-state index contributed by atoms with van der Waals surface area (Å²) in [6.45, 7) is 1.88. The van der Waals surface area contributed by atoms with Gasteiger partial charge in [-0.05, 0) is 48.4 Å². The number of rotatable bonds is 7. The predicted molar refractivity (Wildman–Crippen MR) is 119 cm³/mol. The van der Waals surface area contributed by atoms with E-state index in [9.17, 15) is 8.78 Å². The maximum absolute atomic E-state index is 15.0. The maximum Gasteiger partial charge on any atom is 0.257 e. The average molecular weight is 467 g/mol. The smallest absolute Gasteiger partial charge is 0.257 e. The van der Waals surface area contributed by atoms with Gasteiger partial charge in [0.2, 0.25) is 6.79 Å². The van der Waals surface area contributed by atoms with Gasteiger partial charge in [-0.25, -0.2) is 18.7 Å². The maximum atomic E-state index is 15.0. The van der Waals surface area contributed by atoms with Gasteiger partial charge in [0.05, 0.1) is 6.33 Å². The Kier molecular flexibility index (Phi) is 5.87. The number of halogens is 2. The van der Waals surface area contributed by atoms with Crippen molar-refractivity contribution in [1.82, 2.24) is 14.5 Å². The molecule has 33 heavy (non-hydrogen) atoms. The number of fused-ring (bicyclic) bond motifs is 1. The summed E-state index contributed by atoms with van der Waals surface area (Å²) in [7, 11) is 0. The molecular weight excluding hydrogens is 448 g/mol. The normalized spacial score (nSPS) is 12.2. The summed E-state index contributed by atoms with van der Waals surface area (Å²) in [5.41, 5.74) is 1.73. The van der Waals surface area contributed by atoms with Crippen LogP contribution in [0.4, 0.5) is 8.78 Å². The summed E-state index contributed by atoms with van der Waals surface area (Å²) < 4.78 is 48.1. The van der Waals surface area contributed by atoms with E-state index in [2.05, 4.69) is 9.97 Å². The van der Waals surface area contributed by atoms with Crippen LogP contribution < -0.4 is 14.2 Å². The molecule has 0 radical (unpaired) electrons. The van der Waals surface area contributed by atoms with Gasteiger partial charge in [0.15, 0.2) is 23.1 Å². The van der Waals surface area contributed by atoms with Crippen molar-refractivity contribution in [2.24, 2.45) is 0 Å². The van der Waals surface area contributed by atoms with E-state index in [1.54, 1.807) is 31.6 Å². The summed E-state index contributed by atoms with van der Waals surface area (Å²) in [6.07, 6.45) is 5.34. The fourth-order valence-electron chi connectivity index (χ4n) is 3.41. The Morgan fingerprint density at radius 2 is 1.88 bits per heavy atom. The van der Waals surface area contributed by atoms with Crippen LogP contribution in [-0.4, -0.2) is 21.3 Å². The molecule has 1 aliphatic heterocycles. The van der Waals surface area contributed by atoms with E-state index in [-0.39, 0.29) is 29.7 Å². The number of aromatic nitrogens is 3. The first-order valence-electron chi connectivity index (χ1n) is 10.3. The van der Waals surface area contributed by atoms with E-state index in [0.717, 1.165) is 11.3 Å². The highest BCUT2D eigenvalue weighted by molar-refractivity contribution is 7.98. The van der Waals surface area contributed by atoms with Gasteiger partial charge >= 0.3 is 0 Å². The van der Waals surface area contributed by atoms with Crippen molar-refractivity contribution in [3.8, 4) is 28.8 Å². The van der Waals surface area contributed by atoms with Crippen LogP contribution >= 0.6 is 11.8 Å². The Labute approximate surface area is 193 Å².